The van der Waals surface area contributed by atoms with Gasteiger partial charge in [-0.15, -0.1) is 0 Å². The van der Waals surface area contributed by atoms with Crippen LogP contribution in [0.25, 0.3) is 0 Å². The van der Waals surface area contributed by atoms with Gasteiger partial charge in [-0.05, 0) is 41.4 Å². The Bertz CT molecular complexity index is 439. The van der Waals surface area contributed by atoms with Gasteiger partial charge in [0.05, 0.1) is 9.26 Å². The number of H-pyrrole nitrogens is 1. The summed E-state index contributed by atoms with van der Waals surface area (Å²) in [6.45, 7) is 3.73. The smallest absolute Gasteiger partial charge is 0.264 e. The van der Waals surface area contributed by atoms with Crippen LogP contribution in [0.2, 0.25) is 0 Å². The fourth-order valence-electron chi connectivity index (χ4n) is 2.07. The first-order chi connectivity index (χ1) is 8.20. The highest BCUT2D eigenvalue weighted by Gasteiger charge is 2.18. The number of halogens is 1. The van der Waals surface area contributed by atoms with E-state index in [1.54, 1.807) is 0 Å². The number of hydrogen-bond donors (Lipinski definition) is 1. The molecule has 1 aliphatic heterocycles. The molecule has 0 amide bonds. The lowest BCUT2D eigenvalue weighted by molar-refractivity contribution is 0.185. The number of aromatic nitrogens is 2. The molecule has 0 aromatic carbocycles. The molecule has 1 unspecified atom stereocenters. The molecule has 17 heavy (non-hydrogen) atoms. The van der Waals surface area contributed by atoms with E-state index in [4.69, 9.17) is 4.74 Å². The molecule has 5 heteroatoms. The molecule has 1 atom stereocenters. The Hall–Kier alpha value is -0.430. The molecule has 0 spiro atoms. The van der Waals surface area contributed by atoms with Gasteiger partial charge in [0.25, 0.3) is 5.56 Å². The molecule has 1 aromatic heterocycles. The zero-order chi connectivity index (χ0) is 12.3. The van der Waals surface area contributed by atoms with E-state index in [1.807, 2.05) is 0 Å². The molecule has 0 saturated carbocycles. The Morgan fingerprint density at radius 3 is 3.06 bits per heavy atom. The van der Waals surface area contributed by atoms with Crippen LogP contribution < -0.4 is 5.56 Å². The van der Waals surface area contributed by atoms with Crippen LogP contribution in [0, 0.1) is 9.49 Å². The monoisotopic (exact) mass is 348 g/mol. The highest BCUT2D eigenvalue weighted by molar-refractivity contribution is 14.1. The predicted octanol–water partition coefficient (Wildman–Crippen LogP) is 1.91. The van der Waals surface area contributed by atoms with E-state index in [2.05, 4.69) is 39.5 Å². The Balaban J connectivity index is 2.19. The van der Waals surface area contributed by atoms with Gasteiger partial charge in [0.2, 0.25) is 0 Å². The minimum Gasteiger partial charge on any atom is -0.381 e. The summed E-state index contributed by atoms with van der Waals surface area (Å²) in [5, 5.41) is 0. The molecular formula is C12H17IN2O2. The van der Waals surface area contributed by atoms with Gasteiger partial charge in [-0.2, -0.15) is 0 Å². The number of aromatic amines is 1. The van der Waals surface area contributed by atoms with Crippen LogP contribution in [0.3, 0.4) is 0 Å². The maximum absolute atomic E-state index is 11.8. The summed E-state index contributed by atoms with van der Waals surface area (Å²) in [5.74, 6) is 1.32. The van der Waals surface area contributed by atoms with Crippen molar-refractivity contribution in [3.05, 3.63) is 25.4 Å². The molecule has 4 nitrogen and oxygen atoms in total. The fraction of sp³-hybridized carbons (Fsp3) is 0.667. The third-order valence-corrected chi connectivity index (χ3v) is 4.09. The fourth-order valence-corrected chi connectivity index (χ4v) is 2.60. The molecule has 0 aliphatic carbocycles. The number of nitrogens with one attached hydrogen (secondary N) is 1. The summed E-state index contributed by atoms with van der Waals surface area (Å²) in [5.41, 5.74) is 0.934. The van der Waals surface area contributed by atoms with Crippen molar-refractivity contribution in [1.82, 2.24) is 9.97 Å². The maximum atomic E-state index is 11.8. The number of hydrogen-bond acceptors (Lipinski definition) is 3. The van der Waals surface area contributed by atoms with Crippen molar-refractivity contribution in [3.63, 3.8) is 0 Å². The Labute approximate surface area is 114 Å². The van der Waals surface area contributed by atoms with E-state index >= 15 is 0 Å². The topological polar surface area (TPSA) is 55.0 Å². The van der Waals surface area contributed by atoms with Gasteiger partial charge in [0.1, 0.15) is 5.82 Å². The van der Waals surface area contributed by atoms with Crippen LogP contribution in [0.5, 0.6) is 0 Å². The van der Waals surface area contributed by atoms with Crippen molar-refractivity contribution in [2.75, 3.05) is 13.2 Å². The van der Waals surface area contributed by atoms with E-state index in [0.717, 1.165) is 54.0 Å². The van der Waals surface area contributed by atoms with Crippen LogP contribution in [0.1, 0.15) is 31.3 Å². The second-order valence-corrected chi connectivity index (χ2v) is 5.54. The minimum atomic E-state index is -0.00188. The van der Waals surface area contributed by atoms with Crippen LogP contribution in [0.4, 0.5) is 0 Å². The number of ether oxygens (including phenoxy) is 1. The molecule has 0 radical (unpaired) electrons. The standard InChI is InChI=1S/C12H17IN2O2/c1-2-3-9-11(13)12(16)15-10(14-9)6-8-4-5-17-7-8/h8H,2-7H2,1H3,(H,14,15,16). The molecule has 1 fully saturated rings. The Morgan fingerprint density at radius 1 is 1.59 bits per heavy atom. The summed E-state index contributed by atoms with van der Waals surface area (Å²) in [6.07, 6.45) is 3.77. The van der Waals surface area contributed by atoms with Gasteiger partial charge in [0, 0.05) is 19.6 Å². The Morgan fingerprint density at radius 2 is 2.41 bits per heavy atom. The van der Waals surface area contributed by atoms with Crippen LogP contribution in [-0.4, -0.2) is 23.2 Å². The van der Waals surface area contributed by atoms with Crippen LogP contribution in [-0.2, 0) is 17.6 Å². The summed E-state index contributed by atoms with van der Waals surface area (Å²) in [7, 11) is 0. The zero-order valence-electron chi connectivity index (χ0n) is 9.96. The van der Waals surface area contributed by atoms with E-state index in [9.17, 15) is 4.79 Å². The van der Waals surface area contributed by atoms with Crippen molar-refractivity contribution < 1.29 is 4.74 Å². The van der Waals surface area contributed by atoms with Gasteiger partial charge in [-0.25, -0.2) is 4.98 Å². The summed E-state index contributed by atoms with van der Waals surface area (Å²) >= 11 is 2.08. The maximum Gasteiger partial charge on any atom is 0.264 e. The first-order valence-corrected chi connectivity index (χ1v) is 7.14. The first kappa shape index (κ1) is 13.0. The first-order valence-electron chi connectivity index (χ1n) is 6.06. The summed E-state index contributed by atoms with van der Waals surface area (Å²) < 4.78 is 6.07. The average Bonchev–Trinajstić information content (AvgIpc) is 2.78. The summed E-state index contributed by atoms with van der Waals surface area (Å²) in [4.78, 5) is 19.2. The van der Waals surface area contributed by atoms with Crippen molar-refractivity contribution >= 4 is 22.6 Å². The quantitative estimate of drug-likeness (QED) is 0.846. The molecule has 0 bridgehead atoms. The lowest BCUT2D eigenvalue weighted by atomic mass is 10.0. The molecule has 2 rings (SSSR count). The predicted molar refractivity (Wildman–Crippen MR) is 74.2 cm³/mol. The summed E-state index contributed by atoms with van der Waals surface area (Å²) in [6, 6.07) is 0. The molecule has 94 valence electrons. The zero-order valence-corrected chi connectivity index (χ0v) is 12.1. The minimum absolute atomic E-state index is 0.00188. The highest BCUT2D eigenvalue weighted by atomic mass is 127. The molecule has 1 N–H and O–H groups in total. The second-order valence-electron chi connectivity index (χ2n) is 4.46. The van der Waals surface area contributed by atoms with Gasteiger partial charge in [-0.3, -0.25) is 4.79 Å². The second kappa shape index (κ2) is 5.95. The van der Waals surface area contributed by atoms with Crippen molar-refractivity contribution in [1.29, 1.82) is 0 Å². The van der Waals surface area contributed by atoms with Crippen LogP contribution in [0.15, 0.2) is 4.79 Å². The van der Waals surface area contributed by atoms with E-state index in [0.29, 0.717) is 5.92 Å². The molecular weight excluding hydrogens is 331 g/mol. The highest BCUT2D eigenvalue weighted by Crippen LogP contribution is 2.16. The molecule has 2 heterocycles. The van der Waals surface area contributed by atoms with Crippen molar-refractivity contribution in [2.45, 2.75) is 32.6 Å². The molecule has 1 aliphatic rings. The number of nitrogens with zero attached hydrogens (tertiary/aromatic N) is 1. The van der Waals surface area contributed by atoms with E-state index < -0.39 is 0 Å². The van der Waals surface area contributed by atoms with Crippen molar-refractivity contribution in [3.8, 4) is 0 Å². The van der Waals surface area contributed by atoms with Gasteiger partial charge in [-0.1, -0.05) is 13.3 Å². The molecule has 1 aromatic rings. The number of rotatable bonds is 4. The molecule has 1 saturated heterocycles. The lowest BCUT2D eigenvalue weighted by Crippen LogP contribution is -2.20. The largest absolute Gasteiger partial charge is 0.381 e. The Kier molecular flexibility index (Phi) is 4.55. The normalized spacial score (nSPS) is 19.8. The SMILES string of the molecule is CCCc1nc(CC2CCOC2)[nH]c(=O)c1I. The van der Waals surface area contributed by atoms with Gasteiger partial charge < -0.3 is 9.72 Å². The van der Waals surface area contributed by atoms with Crippen molar-refractivity contribution in [2.24, 2.45) is 5.92 Å². The third kappa shape index (κ3) is 3.28. The van der Waals surface area contributed by atoms with Gasteiger partial charge in [0.15, 0.2) is 0 Å². The van der Waals surface area contributed by atoms with E-state index in [-0.39, 0.29) is 5.56 Å². The number of aryl methyl sites for hydroxylation is 1. The lowest BCUT2D eigenvalue weighted by Gasteiger charge is -2.09. The van der Waals surface area contributed by atoms with Crippen LogP contribution >= 0.6 is 22.6 Å². The average molecular weight is 348 g/mol. The van der Waals surface area contributed by atoms with Gasteiger partial charge >= 0.3 is 0 Å². The third-order valence-electron chi connectivity index (χ3n) is 2.97. The van der Waals surface area contributed by atoms with E-state index in [1.165, 1.54) is 0 Å².